The molecule has 1 heterocycles. The van der Waals surface area contributed by atoms with Crippen LogP contribution < -0.4 is 26.6 Å². The first-order chi connectivity index (χ1) is 16.0. The molecule has 0 spiro atoms. The Labute approximate surface area is 201 Å². The average molecular weight is 474 g/mol. The van der Waals surface area contributed by atoms with Crippen molar-refractivity contribution < 1.29 is 9.53 Å². The number of nitrogens with two attached hydrogens (primary N) is 1. The smallest absolute Gasteiger partial charge is 0.330 e. The van der Waals surface area contributed by atoms with Crippen LogP contribution in [0.1, 0.15) is 39.7 Å². The van der Waals surface area contributed by atoms with Crippen molar-refractivity contribution in [3.8, 4) is 5.75 Å². The van der Waals surface area contributed by atoms with E-state index in [1.54, 1.807) is 0 Å². The summed E-state index contributed by atoms with van der Waals surface area (Å²) in [5, 5.41) is 0. The van der Waals surface area contributed by atoms with Gasteiger partial charge in [0, 0.05) is 19.6 Å². The first-order valence-corrected chi connectivity index (χ1v) is 11.8. The number of amides is 1. The number of hydrogen-bond donors (Lipinski definition) is 2. The van der Waals surface area contributed by atoms with Crippen molar-refractivity contribution >= 4 is 17.4 Å². The van der Waals surface area contributed by atoms with Crippen LogP contribution in [0.5, 0.6) is 5.75 Å². The van der Waals surface area contributed by atoms with Crippen LogP contribution in [0.4, 0.5) is 11.5 Å². The minimum atomic E-state index is -0.647. The number of rotatable bonds is 12. The normalized spacial score (nSPS) is 11.4. The van der Waals surface area contributed by atoms with Crippen molar-refractivity contribution in [3.05, 3.63) is 50.7 Å². The highest BCUT2D eigenvalue weighted by molar-refractivity contribution is 5.96. The van der Waals surface area contributed by atoms with Crippen LogP contribution in [-0.2, 0) is 11.3 Å². The number of nitrogens with zero attached hydrogens (tertiary/aromatic N) is 3. The third-order valence-electron chi connectivity index (χ3n) is 5.32. The van der Waals surface area contributed by atoms with Gasteiger partial charge in [-0.15, -0.1) is 0 Å². The molecule has 0 saturated carbocycles. The third kappa shape index (κ3) is 7.48. The summed E-state index contributed by atoms with van der Waals surface area (Å²) in [5.41, 5.74) is 6.17. The number of carbonyl (C=O) groups excluding carboxylic acids is 1. The molecule has 2 aromatic rings. The second-order valence-corrected chi connectivity index (χ2v) is 9.60. The summed E-state index contributed by atoms with van der Waals surface area (Å²) in [6.45, 7) is 11.8. The fraction of sp³-hybridized carbons (Fsp3) is 0.560. The van der Waals surface area contributed by atoms with Crippen molar-refractivity contribution in [3.63, 3.8) is 0 Å². The number of aryl methyl sites for hydroxylation is 1. The van der Waals surface area contributed by atoms with Gasteiger partial charge < -0.3 is 15.4 Å². The Morgan fingerprint density at radius 3 is 2.44 bits per heavy atom. The van der Waals surface area contributed by atoms with E-state index in [0.29, 0.717) is 26.2 Å². The number of hydrogen-bond acceptors (Lipinski definition) is 6. The Morgan fingerprint density at radius 1 is 1.15 bits per heavy atom. The van der Waals surface area contributed by atoms with E-state index >= 15 is 0 Å². The Morgan fingerprint density at radius 2 is 1.82 bits per heavy atom. The van der Waals surface area contributed by atoms with Gasteiger partial charge in [-0.05, 0) is 43.9 Å². The van der Waals surface area contributed by atoms with Crippen molar-refractivity contribution in [1.82, 2.24) is 14.5 Å². The number of benzene rings is 1. The second-order valence-electron chi connectivity index (χ2n) is 9.60. The largest absolute Gasteiger partial charge is 0.493 e. The maximum atomic E-state index is 13.3. The van der Waals surface area contributed by atoms with Gasteiger partial charge in [0.1, 0.15) is 11.6 Å². The Hall–Kier alpha value is -3.07. The fourth-order valence-electron chi connectivity index (χ4n) is 3.70. The number of anilines is 2. The van der Waals surface area contributed by atoms with Crippen LogP contribution in [0.25, 0.3) is 0 Å². The minimum Gasteiger partial charge on any atom is -0.493 e. The number of para-hydroxylation sites is 1. The zero-order valence-electron chi connectivity index (χ0n) is 21.3. The molecule has 0 aliphatic carbocycles. The van der Waals surface area contributed by atoms with Crippen LogP contribution in [-0.4, -0.2) is 53.6 Å². The molecule has 9 heteroatoms. The molecule has 188 valence electrons. The summed E-state index contributed by atoms with van der Waals surface area (Å²) in [6.07, 6.45) is 0.740. The van der Waals surface area contributed by atoms with E-state index in [1.807, 2.05) is 70.8 Å². The summed E-state index contributed by atoms with van der Waals surface area (Å²) in [5.74, 6) is 0.867. The number of carbonyl (C=O) groups is 1. The SMILES string of the molecule is Cc1ccccc1OCCCN(C)CC(=O)N(CC(C)C)c1c(N)n(CC(C)C)c(=O)[nH]c1=O. The molecule has 0 bridgehead atoms. The standard InChI is InChI=1S/C25H39N5O4/c1-17(2)14-29(22-23(26)30(15-18(3)4)25(33)27-24(22)32)21(31)16-28(6)12-9-13-34-20-11-8-7-10-19(20)5/h7-8,10-11,17-18H,9,12-16,26H2,1-6H3,(H,27,32,33). The van der Waals surface area contributed by atoms with Gasteiger partial charge in [-0.25, -0.2) is 4.79 Å². The summed E-state index contributed by atoms with van der Waals surface area (Å²) in [7, 11) is 1.85. The molecule has 34 heavy (non-hydrogen) atoms. The summed E-state index contributed by atoms with van der Waals surface area (Å²) >= 11 is 0. The lowest BCUT2D eigenvalue weighted by atomic mass is 10.2. The first kappa shape index (κ1) is 27.2. The van der Waals surface area contributed by atoms with E-state index in [9.17, 15) is 14.4 Å². The zero-order chi connectivity index (χ0) is 25.4. The van der Waals surface area contributed by atoms with Crippen LogP contribution in [0.3, 0.4) is 0 Å². The van der Waals surface area contributed by atoms with Gasteiger partial charge in [0.2, 0.25) is 5.91 Å². The number of ether oxygens (including phenoxy) is 1. The molecule has 0 aliphatic rings. The molecule has 0 aliphatic heterocycles. The monoisotopic (exact) mass is 473 g/mol. The number of nitrogens with one attached hydrogen (secondary N) is 1. The number of aromatic amines is 1. The Kier molecular flexibility index (Phi) is 9.92. The predicted molar refractivity (Wildman–Crippen MR) is 137 cm³/mol. The molecule has 3 N–H and O–H groups in total. The predicted octanol–water partition coefficient (Wildman–Crippen LogP) is 2.47. The lowest BCUT2D eigenvalue weighted by Crippen LogP contribution is -2.46. The number of aromatic nitrogens is 2. The molecular formula is C25H39N5O4. The minimum absolute atomic E-state index is 0.0192. The van der Waals surface area contributed by atoms with Crippen LogP contribution >= 0.6 is 0 Å². The average Bonchev–Trinajstić information content (AvgIpc) is 2.74. The van der Waals surface area contributed by atoms with E-state index in [-0.39, 0.29) is 35.8 Å². The molecule has 0 radical (unpaired) electrons. The lowest BCUT2D eigenvalue weighted by Gasteiger charge is -2.28. The van der Waals surface area contributed by atoms with E-state index in [0.717, 1.165) is 17.7 Å². The molecule has 1 amide bonds. The molecule has 0 saturated heterocycles. The van der Waals surface area contributed by atoms with Gasteiger partial charge >= 0.3 is 5.69 Å². The number of nitrogen functional groups attached to an aromatic ring is 1. The van der Waals surface area contributed by atoms with Gasteiger partial charge in [0.05, 0.1) is 13.2 Å². The van der Waals surface area contributed by atoms with Crippen molar-refractivity contribution in [2.45, 2.75) is 47.6 Å². The Balaban J connectivity index is 2.11. The van der Waals surface area contributed by atoms with E-state index in [4.69, 9.17) is 10.5 Å². The maximum Gasteiger partial charge on any atom is 0.330 e. The van der Waals surface area contributed by atoms with Crippen molar-refractivity contribution in [2.75, 3.05) is 43.9 Å². The molecule has 1 aromatic carbocycles. The molecule has 9 nitrogen and oxygen atoms in total. The third-order valence-corrected chi connectivity index (χ3v) is 5.32. The lowest BCUT2D eigenvalue weighted by molar-refractivity contribution is -0.119. The summed E-state index contributed by atoms with van der Waals surface area (Å²) in [4.78, 5) is 43.9. The zero-order valence-corrected chi connectivity index (χ0v) is 21.3. The van der Waals surface area contributed by atoms with Gasteiger partial charge in [0.15, 0.2) is 5.69 Å². The molecule has 0 unspecified atom stereocenters. The summed E-state index contributed by atoms with van der Waals surface area (Å²) < 4.78 is 7.16. The van der Waals surface area contributed by atoms with Gasteiger partial charge in [-0.3, -0.25) is 24.0 Å². The highest BCUT2D eigenvalue weighted by Gasteiger charge is 2.25. The van der Waals surface area contributed by atoms with Crippen molar-refractivity contribution in [1.29, 1.82) is 0 Å². The molecule has 1 aromatic heterocycles. The number of likely N-dealkylation sites (N-methyl/N-ethyl adjacent to an activating group) is 1. The number of H-pyrrole nitrogens is 1. The van der Waals surface area contributed by atoms with Crippen molar-refractivity contribution in [2.24, 2.45) is 11.8 Å². The molecule has 0 fully saturated rings. The maximum absolute atomic E-state index is 13.3. The van der Waals surface area contributed by atoms with Crippen LogP contribution in [0, 0.1) is 18.8 Å². The second kappa shape index (κ2) is 12.4. The first-order valence-electron chi connectivity index (χ1n) is 11.8. The van der Waals surface area contributed by atoms with Crippen LogP contribution in [0.2, 0.25) is 0 Å². The topological polar surface area (TPSA) is 114 Å². The quantitative estimate of drug-likeness (QED) is 0.458. The van der Waals surface area contributed by atoms with Gasteiger partial charge in [-0.2, -0.15) is 0 Å². The van der Waals surface area contributed by atoms with E-state index < -0.39 is 11.2 Å². The molecule has 2 rings (SSSR count). The molecular weight excluding hydrogens is 434 g/mol. The molecule has 0 atom stereocenters. The van der Waals surface area contributed by atoms with Crippen LogP contribution in [0.15, 0.2) is 33.9 Å². The highest BCUT2D eigenvalue weighted by Crippen LogP contribution is 2.20. The Bertz CT molecular complexity index is 1070. The van der Waals surface area contributed by atoms with E-state index in [1.165, 1.54) is 9.47 Å². The summed E-state index contributed by atoms with van der Waals surface area (Å²) in [6, 6.07) is 7.85. The van der Waals surface area contributed by atoms with Gasteiger partial charge in [0.25, 0.3) is 5.56 Å². The van der Waals surface area contributed by atoms with E-state index in [2.05, 4.69) is 4.98 Å². The van der Waals surface area contributed by atoms with Gasteiger partial charge in [-0.1, -0.05) is 45.9 Å². The highest BCUT2D eigenvalue weighted by atomic mass is 16.5. The fourth-order valence-corrected chi connectivity index (χ4v) is 3.70.